The molecule has 1 fully saturated rings. The van der Waals surface area contributed by atoms with E-state index in [0.29, 0.717) is 23.1 Å². The van der Waals surface area contributed by atoms with Crippen molar-refractivity contribution in [2.24, 2.45) is 0 Å². The van der Waals surface area contributed by atoms with Gasteiger partial charge in [-0.05, 0) is 61.5 Å². The van der Waals surface area contributed by atoms with E-state index < -0.39 is 4.92 Å². The van der Waals surface area contributed by atoms with Gasteiger partial charge in [0, 0.05) is 36.3 Å². The van der Waals surface area contributed by atoms with E-state index in [1.54, 1.807) is 25.4 Å². The van der Waals surface area contributed by atoms with Gasteiger partial charge >= 0.3 is 0 Å². The average molecular weight is 514 g/mol. The number of nitro benzene ring substituents is 1. The van der Waals surface area contributed by atoms with Crippen molar-refractivity contribution in [1.82, 2.24) is 19.8 Å². The third-order valence-corrected chi connectivity index (χ3v) is 7.15. The highest BCUT2D eigenvalue weighted by Crippen LogP contribution is 2.43. The lowest BCUT2D eigenvalue weighted by Gasteiger charge is -2.28. The van der Waals surface area contributed by atoms with Crippen LogP contribution in [0.3, 0.4) is 0 Å². The second-order valence-corrected chi connectivity index (χ2v) is 9.40. The first-order valence-electron chi connectivity index (χ1n) is 11.9. The molecule has 5 rings (SSSR count). The predicted molar refractivity (Wildman–Crippen MR) is 146 cm³/mol. The standard InChI is InChI=1S/C28H27N5O3S/c1-18-15-22(19(2)32(18)24-16-21(33(34)35)12-13-25(24)36-3)27-26(23-11-7-8-14-29-23)30-28(37)31(27)17-20-9-5-4-6-10-20/h4-16,26-27H,17H2,1-3H3,(H,30,37)/t26-,27+/m1/s1. The lowest BCUT2D eigenvalue weighted by atomic mass is 9.96. The molecule has 37 heavy (non-hydrogen) atoms. The lowest BCUT2D eigenvalue weighted by molar-refractivity contribution is -0.384. The van der Waals surface area contributed by atoms with Gasteiger partial charge in [-0.3, -0.25) is 15.1 Å². The maximum Gasteiger partial charge on any atom is 0.271 e. The number of ether oxygens (including phenoxy) is 1. The van der Waals surface area contributed by atoms with Crippen molar-refractivity contribution in [3.05, 3.63) is 117 Å². The number of aromatic nitrogens is 2. The Bertz CT molecular complexity index is 1460. The van der Waals surface area contributed by atoms with Crippen LogP contribution in [0.2, 0.25) is 0 Å². The normalized spacial score (nSPS) is 17.1. The van der Waals surface area contributed by atoms with Crippen LogP contribution in [-0.2, 0) is 6.54 Å². The fourth-order valence-corrected chi connectivity index (χ4v) is 5.42. The monoisotopic (exact) mass is 513 g/mol. The largest absolute Gasteiger partial charge is 0.495 e. The molecular formula is C28H27N5O3S. The number of methoxy groups -OCH3 is 1. The molecule has 8 nitrogen and oxygen atoms in total. The predicted octanol–water partition coefficient (Wildman–Crippen LogP) is 5.58. The van der Waals surface area contributed by atoms with E-state index >= 15 is 0 Å². The zero-order valence-corrected chi connectivity index (χ0v) is 21.6. The molecule has 0 aliphatic carbocycles. The van der Waals surface area contributed by atoms with Gasteiger partial charge in [-0.2, -0.15) is 0 Å². The number of pyridine rings is 1. The Labute approximate surface area is 220 Å². The van der Waals surface area contributed by atoms with Crippen molar-refractivity contribution >= 4 is 23.0 Å². The topological polar surface area (TPSA) is 85.5 Å². The Hall–Kier alpha value is -4.24. The van der Waals surface area contributed by atoms with Crippen molar-refractivity contribution in [1.29, 1.82) is 0 Å². The van der Waals surface area contributed by atoms with Gasteiger partial charge in [0.1, 0.15) is 5.75 Å². The molecule has 1 saturated heterocycles. The van der Waals surface area contributed by atoms with Crippen molar-refractivity contribution in [3.63, 3.8) is 0 Å². The van der Waals surface area contributed by atoms with E-state index in [-0.39, 0.29) is 17.8 Å². The Balaban J connectivity index is 1.66. The van der Waals surface area contributed by atoms with Gasteiger partial charge in [0.05, 0.1) is 35.5 Å². The molecule has 0 spiro atoms. The number of nitro groups is 1. The summed E-state index contributed by atoms with van der Waals surface area (Å²) in [6.07, 6.45) is 1.79. The van der Waals surface area contributed by atoms with E-state index in [4.69, 9.17) is 17.0 Å². The van der Waals surface area contributed by atoms with Crippen LogP contribution in [0.25, 0.3) is 5.69 Å². The Morgan fingerprint density at radius 2 is 1.84 bits per heavy atom. The maximum absolute atomic E-state index is 11.5. The van der Waals surface area contributed by atoms with Gasteiger partial charge in [0.15, 0.2) is 5.11 Å². The number of hydrogen-bond acceptors (Lipinski definition) is 5. The highest BCUT2D eigenvalue weighted by atomic mass is 32.1. The van der Waals surface area contributed by atoms with E-state index in [1.807, 2.05) is 54.8 Å². The molecule has 0 bridgehead atoms. The number of thiocarbonyl (C=S) groups is 1. The van der Waals surface area contributed by atoms with Crippen LogP contribution in [0.5, 0.6) is 5.75 Å². The first kappa shape index (κ1) is 24.5. The highest BCUT2D eigenvalue weighted by Gasteiger charge is 2.41. The van der Waals surface area contributed by atoms with Crippen LogP contribution >= 0.6 is 12.2 Å². The van der Waals surface area contributed by atoms with Gasteiger partial charge in [-0.25, -0.2) is 0 Å². The molecular weight excluding hydrogens is 486 g/mol. The second-order valence-electron chi connectivity index (χ2n) is 9.02. The van der Waals surface area contributed by atoms with Crippen LogP contribution in [0.1, 0.15) is 40.3 Å². The Morgan fingerprint density at radius 1 is 1.08 bits per heavy atom. The third-order valence-electron chi connectivity index (χ3n) is 6.80. The Morgan fingerprint density at radius 3 is 2.51 bits per heavy atom. The lowest BCUT2D eigenvalue weighted by Crippen LogP contribution is -2.29. The summed E-state index contributed by atoms with van der Waals surface area (Å²) in [5.74, 6) is 0.557. The molecule has 188 valence electrons. The first-order valence-corrected chi connectivity index (χ1v) is 12.3. The number of hydrogen-bond donors (Lipinski definition) is 1. The smallest absolute Gasteiger partial charge is 0.271 e. The summed E-state index contributed by atoms with van der Waals surface area (Å²) in [7, 11) is 1.57. The van der Waals surface area contributed by atoms with Crippen molar-refractivity contribution < 1.29 is 9.66 Å². The molecule has 3 heterocycles. The molecule has 9 heteroatoms. The quantitative estimate of drug-likeness (QED) is 0.196. The number of non-ortho nitro benzene ring substituents is 1. The van der Waals surface area contributed by atoms with E-state index in [0.717, 1.165) is 28.2 Å². The molecule has 1 aliphatic heterocycles. The molecule has 0 saturated carbocycles. The minimum absolute atomic E-state index is 0.00521. The zero-order valence-electron chi connectivity index (χ0n) is 20.8. The summed E-state index contributed by atoms with van der Waals surface area (Å²) < 4.78 is 7.60. The number of benzene rings is 2. The van der Waals surface area contributed by atoms with Crippen molar-refractivity contribution in [2.45, 2.75) is 32.5 Å². The minimum Gasteiger partial charge on any atom is -0.495 e. The minimum atomic E-state index is -0.393. The van der Waals surface area contributed by atoms with Crippen LogP contribution in [0.4, 0.5) is 5.69 Å². The molecule has 0 radical (unpaired) electrons. The molecule has 1 aliphatic rings. The molecule has 1 N–H and O–H groups in total. The summed E-state index contributed by atoms with van der Waals surface area (Å²) in [5, 5.41) is 15.7. The maximum atomic E-state index is 11.5. The Kier molecular flexibility index (Phi) is 6.62. The highest BCUT2D eigenvalue weighted by molar-refractivity contribution is 7.80. The molecule has 2 aromatic carbocycles. The third kappa shape index (κ3) is 4.53. The molecule has 0 unspecified atom stereocenters. The molecule has 4 aromatic rings. The SMILES string of the molecule is COc1ccc([N+](=O)[O-])cc1-n1c(C)cc([C@H]2[C@@H](c3ccccn3)NC(=S)N2Cc2ccccc2)c1C. The number of aryl methyl sites for hydroxylation is 1. The number of rotatable bonds is 7. The van der Waals surface area contributed by atoms with Crippen LogP contribution in [0.15, 0.2) is 79.0 Å². The summed E-state index contributed by atoms with van der Waals surface area (Å²) in [6.45, 7) is 4.65. The van der Waals surface area contributed by atoms with Crippen LogP contribution in [-0.4, -0.2) is 31.6 Å². The summed E-state index contributed by atoms with van der Waals surface area (Å²) in [4.78, 5) is 18.0. The summed E-state index contributed by atoms with van der Waals surface area (Å²) in [5.41, 5.74) is 5.61. The molecule has 2 aromatic heterocycles. The van der Waals surface area contributed by atoms with Gasteiger partial charge < -0.3 is 19.5 Å². The fraction of sp³-hybridized carbons (Fsp3) is 0.214. The van der Waals surface area contributed by atoms with Crippen LogP contribution < -0.4 is 10.1 Å². The van der Waals surface area contributed by atoms with Gasteiger partial charge in [0.2, 0.25) is 0 Å². The molecule has 0 amide bonds. The van der Waals surface area contributed by atoms with E-state index in [2.05, 4.69) is 33.4 Å². The number of nitrogens with one attached hydrogen (secondary N) is 1. The fourth-order valence-electron chi connectivity index (χ4n) is 5.12. The van der Waals surface area contributed by atoms with Crippen molar-refractivity contribution in [3.8, 4) is 11.4 Å². The molecule has 2 atom stereocenters. The average Bonchev–Trinajstić information content (AvgIpc) is 3.39. The van der Waals surface area contributed by atoms with E-state index in [1.165, 1.54) is 6.07 Å². The summed E-state index contributed by atoms with van der Waals surface area (Å²) >= 11 is 5.84. The van der Waals surface area contributed by atoms with Crippen LogP contribution in [0, 0.1) is 24.0 Å². The second kappa shape index (κ2) is 10.0. The van der Waals surface area contributed by atoms with Gasteiger partial charge in [-0.1, -0.05) is 36.4 Å². The van der Waals surface area contributed by atoms with Crippen molar-refractivity contribution in [2.75, 3.05) is 7.11 Å². The van der Waals surface area contributed by atoms with Gasteiger partial charge in [0.25, 0.3) is 5.69 Å². The first-order chi connectivity index (χ1) is 17.9. The zero-order chi connectivity index (χ0) is 26.1. The van der Waals surface area contributed by atoms with E-state index in [9.17, 15) is 10.1 Å². The van der Waals surface area contributed by atoms with Gasteiger partial charge in [-0.15, -0.1) is 0 Å². The summed E-state index contributed by atoms with van der Waals surface area (Å²) in [6, 6.07) is 22.5. The number of nitrogens with zero attached hydrogens (tertiary/aromatic N) is 4.